The summed E-state index contributed by atoms with van der Waals surface area (Å²) in [5, 5.41) is 7.28. The molecule has 0 bridgehead atoms. The topological polar surface area (TPSA) is 33.3 Å². The van der Waals surface area contributed by atoms with E-state index in [4.69, 9.17) is 17.0 Å². The van der Waals surface area contributed by atoms with Crippen molar-refractivity contribution in [3.63, 3.8) is 0 Å². The zero-order valence-corrected chi connectivity index (χ0v) is 16.4. The van der Waals surface area contributed by atoms with Crippen molar-refractivity contribution in [3.05, 3.63) is 95.6 Å². The predicted molar refractivity (Wildman–Crippen MR) is 116 cm³/mol. The van der Waals surface area contributed by atoms with Gasteiger partial charge in [0, 0.05) is 5.69 Å². The fraction of sp³-hybridized carbons (Fsp3) is 0.174. The average Bonchev–Trinajstić information content (AvgIpc) is 2.69. The highest BCUT2D eigenvalue weighted by atomic mass is 32.1. The molecule has 0 amide bonds. The van der Waals surface area contributed by atoms with Gasteiger partial charge in [-0.05, 0) is 61.5 Å². The van der Waals surface area contributed by atoms with E-state index >= 15 is 0 Å². The summed E-state index contributed by atoms with van der Waals surface area (Å²) in [6.45, 7) is 4.72. The summed E-state index contributed by atoms with van der Waals surface area (Å²) in [6.07, 6.45) is 0. The first-order valence-electron chi connectivity index (χ1n) is 9.07. The molecule has 0 aliphatic heterocycles. The van der Waals surface area contributed by atoms with E-state index in [0.29, 0.717) is 11.7 Å². The lowest BCUT2D eigenvalue weighted by atomic mass is 9.98. The van der Waals surface area contributed by atoms with Crippen molar-refractivity contribution in [2.45, 2.75) is 19.9 Å². The molecular weight excluding hydrogens is 352 g/mol. The summed E-state index contributed by atoms with van der Waals surface area (Å²) in [5.41, 5.74) is 4.49. The second kappa shape index (κ2) is 9.19. The summed E-state index contributed by atoms with van der Waals surface area (Å²) in [5.74, 6) is 0.851. The van der Waals surface area contributed by atoms with E-state index in [1.807, 2.05) is 49.4 Å². The predicted octanol–water partition coefficient (Wildman–Crippen LogP) is 5.47. The lowest BCUT2D eigenvalue weighted by molar-refractivity contribution is 0.340. The van der Waals surface area contributed by atoms with Gasteiger partial charge in [0.05, 0.1) is 12.6 Å². The largest absolute Gasteiger partial charge is 0.494 e. The number of thiocarbonyl (C=S) groups is 1. The number of ether oxygens (including phenoxy) is 1. The summed E-state index contributed by atoms with van der Waals surface area (Å²) < 4.78 is 5.48. The fourth-order valence-corrected chi connectivity index (χ4v) is 3.10. The highest BCUT2D eigenvalue weighted by molar-refractivity contribution is 7.80. The Kier molecular flexibility index (Phi) is 6.44. The maximum Gasteiger partial charge on any atom is 0.171 e. The zero-order chi connectivity index (χ0) is 19.1. The molecule has 0 saturated heterocycles. The van der Waals surface area contributed by atoms with Crippen LogP contribution in [0.5, 0.6) is 5.75 Å². The van der Waals surface area contributed by atoms with Crippen molar-refractivity contribution < 1.29 is 4.74 Å². The Morgan fingerprint density at radius 2 is 1.52 bits per heavy atom. The Labute approximate surface area is 166 Å². The lowest BCUT2D eigenvalue weighted by Gasteiger charge is -2.22. The van der Waals surface area contributed by atoms with Crippen LogP contribution in [0.25, 0.3) is 0 Å². The normalized spacial score (nSPS) is 11.5. The van der Waals surface area contributed by atoms with Crippen LogP contribution in [0.2, 0.25) is 0 Å². The third kappa shape index (κ3) is 5.31. The maximum atomic E-state index is 5.57. The van der Waals surface area contributed by atoms with E-state index < -0.39 is 0 Å². The number of aryl methyl sites for hydroxylation is 1. The first-order valence-corrected chi connectivity index (χ1v) is 9.48. The first kappa shape index (κ1) is 18.9. The van der Waals surface area contributed by atoms with Crippen LogP contribution < -0.4 is 15.4 Å². The minimum absolute atomic E-state index is 0.0190. The van der Waals surface area contributed by atoms with Crippen LogP contribution in [-0.2, 0) is 0 Å². The molecule has 0 fully saturated rings. The third-order valence-electron chi connectivity index (χ3n) is 4.24. The van der Waals surface area contributed by atoms with Gasteiger partial charge in [0.25, 0.3) is 0 Å². The molecule has 3 nitrogen and oxygen atoms in total. The molecule has 0 spiro atoms. The molecule has 0 saturated carbocycles. The van der Waals surface area contributed by atoms with Crippen molar-refractivity contribution in [3.8, 4) is 5.75 Å². The molecule has 2 N–H and O–H groups in total. The summed E-state index contributed by atoms with van der Waals surface area (Å²) in [6, 6.07) is 26.6. The minimum atomic E-state index is -0.0190. The van der Waals surface area contributed by atoms with Crippen molar-refractivity contribution in [2.24, 2.45) is 0 Å². The van der Waals surface area contributed by atoms with Crippen LogP contribution in [0.1, 0.15) is 29.7 Å². The molecule has 3 aromatic rings. The SMILES string of the molecule is CCOc1ccc(NC(=S)N[C@H](c2ccccc2)c2ccc(C)cc2)cc1. The molecule has 3 rings (SSSR count). The molecule has 0 aliphatic rings. The number of hydrogen-bond donors (Lipinski definition) is 2. The molecule has 0 radical (unpaired) electrons. The molecule has 0 aromatic heterocycles. The van der Waals surface area contributed by atoms with E-state index in [1.165, 1.54) is 11.1 Å². The molecule has 4 heteroatoms. The van der Waals surface area contributed by atoms with Crippen molar-refractivity contribution in [2.75, 3.05) is 11.9 Å². The van der Waals surface area contributed by atoms with Gasteiger partial charge in [-0.2, -0.15) is 0 Å². The Bertz CT molecular complexity index is 861. The van der Waals surface area contributed by atoms with Gasteiger partial charge >= 0.3 is 0 Å². The van der Waals surface area contributed by atoms with Gasteiger partial charge in [0.15, 0.2) is 5.11 Å². The van der Waals surface area contributed by atoms with E-state index in [0.717, 1.165) is 17.0 Å². The third-order valence-corrected chi connectivity index (χ3v) is 4.46. The Morgan fingerprint density at radius 3 is 2.15 bits per heavy atom. The number of nitrogens with one attached hydrogen (secondary N) is 2. The zero-order valence-electron chi connectivity index (χ0n) is 15.6. The minimum Gasteiger partial charge on any atom is -0.494 e. The quantitative estimate of drug-likeness (QED) is 0.559. The average molecular weight is 377 g/mol. The van der Waals surface area contributed by atoms with Crippen LogP contribution in [0.4, 0.5) is 5.69 Å². The molecular formula is C23H24N2OS. The number of rotatable bonds is 6. The Morgan fingerprint density at radius 1 is 0.889 bits per heavy atom. The summed E-state index contributed by atoms with van der Waals surface area (Å²) >= 11 is 5.57. The van der Waals surface area contributed by atoms with Crippen LogP contribution in [-0.4, -0.2) is 11.7 Å². The second-order valence-corrected chi connectivity index (χ2v) is 6.72. The molecule has 138 valence electrons. The van der Waals surface area contributed by atoms with Gasteiger partial charge < -0.3 is 15.4 Å². The van der Waals surface area contributed by atoms with E-state index in [2.05, 4.69) is 54.0 Å². The number of anilines is 1. The van der Waals surface area contributed by atoms with Gasteiger partial charge in [-0.1, -0.05) is 60.2 Å². The molecule has 1 atom stereocenters. The molecule has 0 aliphatic carbocycles. The number of benzene rings is 3. The van der Waals surface area contributed by atoms with Crippen molar-refractivity contribution >= 4 is 23.0 Å². The van der Waals surface area contributed by atoms with Crippen LogP contribution >= 0.6 is 12.2 Å². The van der Waals surface area contributed by atoms with Crippen LogP contribution in [0.3, 0.4) is 0 Å². The van der Waals surface area contributed by atoms with Gasteiger partial charge in [0.1, 0.15) is 5.75 Å². The standard InChI is InChI=1S/C23H24N2OS/c1-3-26-21-15-13-20(14-16-21)24-23(27)25-22(18-7-5-4-6-8-18)19-11-9-17(2)10-12-19/h4-16,22H,3H2,1-2H3,(H2,24,25,27)/t22-/m1/s1. The van der Waals surface area contributed by atoms with E-state index in [1.54, 1.807) is 0 Å². The van der Waals surface area contributed by atoms with Gasteiger partial charge in [-0.15, -0.1) is 0 Å². The summed E-state index contributed by atoms with van der Waals surface area (Å²) in [7, 11) is 0. The van der Waals surface area contributed by atoms with Gasteiger partial charge in [-0.25, -0.2) is 0 Å². The number of hydrogen-bond acceptors (Lipinski definition) is 2. The second-order valence-electron chi connectivity index (χ2n) is 6.31. The van der Waals surface area contributed by atoms with Gasteiger partial charge in [-0.3, -0.25) is 0 Å². The highest BCUT2D eigenvalue weighted by Crippen LogP contribution is 2.23. The van der Waals surface area contributed by atoms with Crippen molar-refractivity contribution in [1.29, 1.82) is 0 Å². The van der Waals surface area contributed by atoms with E-state index in [9.17, 15) is 0 Å². The smallest absolute Gasteiger partial charge is 0.171 e. The highest BCUT2D eigenvalue weighted by Gasteiger charge is 2.15. The van der Waals surface area contributed by atoms with Crippen LogP contribution in [0, 0.1) is 6.92 Å². The van der Waals surface area contributed by atoms with Crippen molar-refractivity contribution in [1.82, 2.24) is 5.32 Å². The Balaban J connectivity index is 1.75. The fourth-order valence-electron chi connectivity index (χ4n) is 2.86. The molecule has 0 heterocycles. The maximum absolute atomic E-state index is 5.57. The first-order chi connectivity index (χ1) is 13.2. The van der Waals surface area contributed by atoms with E-state index in [-0.39, 0.29) is 6.04 Å². The van der Waals surface area contributed by atoms with Crippen LogP contribution in [0.15, 0.2) is 78.9 Å². The Hall–Kier alpha value is -2.85. The summed E-state index contributed by atoms with van der Waals surface area (Å²) in [4.78, 5) is 0. The molecule has 0 unspecified atom stereocenters. The monoisotopic (exact) mass is 376 g/mol. The lowest BCUT2D eigenvalue weighted by Crippen LogP contribution is -2.33. The van der Waals surface area contributed by atoms with Gasteiger partial charge in [0.2, 0.25) is 0 Å². The molecule has 27 heavy (non-hydrogen) atoms. The molecule has 3 aromatic carbocycles.